The molecule has 100 valence electrons. The van der Waals surface area contributed by atoms with E-state index < -0.39 is 6.67 Å². The maximum atomic E-state index is 14.0. The van der Waals surface area contributed by atoms with Gasteiger partial charge in [-0.1, -0.05) is 12.1 Å². The number of piperazine rings is 1. The summed E-state index contributed by atoms with van der Waals surface area (Å²) in [6.07, 6.45) is 0.361. The first-order chi connectivity index (χ1) is 8.72. The van der Waals surface area contributed by atoms with Gasteiger partial charge in [-0.25, -0.2) is 4.39 Å². The van der Waals surface area contributed by atoms with Gasteiger partial charge < -0.3 is 5.32 Å². The SMILES string of the molecule is Cc1ccc([C@@H](CCF)N2CCNCC2)c(F)c1. The molecule has 1 saturated heterocycles. The highest BCUT2D eigenvalue weighted by Crippen LogP contribution is 2.27. The van der Waals surface area contributed by atoms with Crippen molar-refractivity contribution < 1.29 is 8.78 Å². The van der Waals surface area contributed by atoms with E-state index in [0.29, 0.717) is 12.0 Å². The quantitative estimate of drug-likeness (QED) is 0.888. The van der Waals surface area contributed by atoms with E-state index in [-0.39, 0.29) is 11.9 Å². The molecule has 0 unspecified atom stereocenters. The number of halogens is 2. The van der Waals surface area contributed by atoms with E-state index in [1.807, 2.05) is 13.0 Å². The average molecular weight is 254 g/mol. The van der Waals surface area contributed by atoms with Gasteiger partial charge in [0, 0.05) is 37.8 Å². The first kappa shape index (κ1) is 13.4. The van der Waals surface area contributed by atoms with Crippen LogP contribution in [0.2, 0.25) is 0 Å². The van der Waals surface area contributed by atoms with Crippen molar-refractivity contribution in [2.75, 3.05) is 32.9 Å². The highest BCUT2D eigenvalue weighted by atomic mass is 19.1. The van der Waals surface area contributed by atoms with Crippen molar-refractivity contribution >= 4 is 0 Å². The zero-order chi connectivity index (χ0) is 13.0. The first-order valence-corrected chi connectivity index (χ1v) is 6.49. The summed E-state index contributed by atoms with van der Waals surface area (Å²) < 4.78 is 26.7. The molecule has 1 aliphatic rings. The number of hydrogen-bond acceptors (Lipinski definition) is 2. The first-order valence-electron chi connectivity index (χ1n) is 6.49. The van der Waals surface area contributed by atoms with Crippen molar-refractivity contribution in [3.8, 4) is 0 Å². The maximum absolute atomic E-state index is 14.0. The number of hydrogen-bond donors (Lipinski definition) is 1. The summed E-state index contributed by atoms with van der Waals surface area (Å²) in [5.41, 5.74) is 1.52. The summed E-state index contributed by atoms with van der Waals surface area (Å²) in [6.45, 7) is 4.91. The largest absolute Gasteiger partial charge is 0.314 e. The lowest BCUT2D eigenvalue weighted by molar-refractivity contribution is 0.154. The topological polar surface area (TPSA) is 15.3 Å². The second kappa shape index (κ2) is 6.25. The van der Waals surface area contributed by atoms with Crippen molar-refractivity contribution in [2.24, 2.45) is 0 Å². The molecule has 1 fully saturated rings. The van der Waals surface area contributed by atoms with Crippen LogP contribution in [0.1, 0.15) is 23.6 Å². The summed E-state index contributed by atoms with van der Waals surface area (Å²) in [5.74, 6) is -0.216. The summed E-state index contributed by atoms with van der Waals surface area (Å²) in [5, 5.41) is 3.26. The molecule has 2 rings (SSSR count). The standard InChI is InChI=1S/C14H20F2N2/c1-11-2-3-12(13(16)10-11)14(4-5-15)18-8-6-17-7-9-18/h2-3,10,14,17H,4-9H2,1H3/t14-/m1/s1. The molecule has 1 aromatic carbocycles. The summed E-state index contributed by atoms with van der Waals surface area (Å²) in [7, 11) is 0. The molecular weight excluding hydrogens is 234 g/mol. The zero-order valence-electron chi connectivity index (χ0n) is 10.8. The van der Waals surface area contributed by atoms with Gasteiger partial charge in [0.1, 0.15) is 5.82 Å². The Morgan fingerprint density at radius 2 is 2.06 bits per heavy atom. The van der Waals surface area contributed by atoms with Crippen LogP contribution in [0.5, 0.6) is 0 Å². The van der Waals surface area contributed by atoms with Crippen molar-refractivity contribution in [3.63, 3.8) is 0 Å². The van der Waals surface area contributed by atoms with E-state index in [0.717, 1.165) is 31.7 Å². The normalized spacial score (nSPS) is 18.8. The molecule has 18 heavy (non-hydrogen) atoms. The average Bonchev–Trinajstić information content (AvgIpc) is 2.38. The Balaban J connectivity index is 2.22. The van der Waals surface area contributed by atoms with Gasteiger partial charge in [-0.05, 0) is 25.0 Å². The summed E-state index contributed by atoms with van der Waals surface area (Å²) in [4.78, 5) is 2.17. The molecule has 4 heteroatoms. The molecule has 0 saturated carbocycles. The van der Waals surface area contributed by atoms with Crippen LogP contribution in [0.4, 0.5) is 8.78 Å². The third-order valence-electron chi connectivity index (χ3n) is 3.49. The highest BCUT2D eigenvalue weighted by molar-refractivity contribution is 5.26. The number of alkyl halides is 1. The molecule has 0 aliphatic carbocycles. The van der Waals surface area contributed by atoms with Gasteiger partial charge in [-0.3, -0.25) is 9.29 Å². The molecule has 2 nitrogen and oxygen atoms in total. The van der Waals surface area contributed by atoms with Crippen LogP contribution in [0.15, 0.2) is 18.2 Å². The second-order valence-corrected chi connectivity index (χ2v) is 4.80. The molecule has 1 heterocycles. The van der Waals surface area contributed by atoms with Crippen LogP contribution in [-0.4, -0.2) is 37.8 Å². The highest BCUT2D eigenvalue weighted by Gasteiger charge is 2.24. The summed E-state index contributed by atoms with van der Waals surface area (Å²) >= 11 is 0. The van der Waals surface area contributed by atoms with E-state index in [1.54, 1.807) is 6.07 Å². The van der Waals surface area contributed by atoms with Gasteiger partial charge in [-0.2, -0.15) is 0 Å². The fourth-order valence-electron chi connectivity index (χ4n) is 2.53. The Bertz CT molecular complexity index is 389. The van der Waals surface area contributed by atoms with Gasteiger partial charge in [-0.15, -0.1) is 0 Å². The molecule has 1 N–H and O–H groups in total. The minimum atomic E-state index is -0.415. The number of benzene rings is 1. The Morgan fingerprint density at radius 3 is 2.67 bits per heavy atom. The lowest BCUT2D eigenvalue weighted by Gasteiger charge is -2.35. The minimum absolute atomic E-state index is 0.141. The fourth-order valence-corrected chi connectivity index (χ4v) is 2.53. The molecule has 1 atom stereocenters. The third-order valence-corrected chi connectivity index (χ3v) is 3.49. The van der Waals surface area contributed by atoms with Gasteiger partial charge in [0.2, 0.25) is 0 Å². The smallest absolute Gasteiger partial charge is 0.128 e. The van der Waals surface area contributed by atoms with E-state index in [2.05, 4.69) is 10.2 Å². The molecular formula is C14H20F2N2. The lowest BCUT2D eigenvalue weighted by Crippen LogP contribution is -2.45. The van der Waals surface area contributed by atoms with Crippen molar-refractivity contribution in [3.05, 3.63) is 35.1 Å². The molecule has 0 radical (unpaired) electrons. The Kier molecular flexibility index (Phi) is 4.66. The van der Waals surface area contributed by atoms with Gasteiger partial charge in [0.05, 0.1) is 6.67 Å². The summed E-state index contributed by atoms with van der Waals surface area (Å²) in [6, 6.07) is 5.08. The van der Waals surface area contributed by atoms with Crippen LogP contribution < -0.4 is 5.32 Å². The zero-order valence-corrected chi connectivity index (χ0v) is 10.8. The number of rotatable bonds is 4. The van der Waals surface area contributed by atoms with E-state index in [9.17, 15) is 8.78 Å². The number of nitrogens with zero attached hydrogens (tertiary/aromatic N) is 1. The Hall–Kier alpha value is -1.00. The third kappa shape index (κ3) is 3.06. The molecule has 0 spiro atoms. The van der Waals surface area contributed by atoms with E-state index in [1.165, 1.54) is 6.07 Å². The molecule has 0 amide bonds. The van der Waals surface area contributed by atoms with E-state index >= 15 is 0 Å². The van der Waals surface area contributed by atoms with Gasteiger partial charge in [0.25, 0.3) is 0 Å². The predicted molar refractivity (Wildman–Crippen MR) is 68.9 cm³/mol. The van der Waals surface area contributed by atoms with Crippen LogP contribution >= 0.6 is 0 Å². The molecule has 0 bridgehead atoms. The second-order valence-electron chi connectivity index (χ2n) is 4.80. The van der Waals surface area contributed by atoms with E-state index in [4.69, 9.17) is 0 Å². The monoisotopic (exact) mass is 254 g/mol. The predicted octanol–water partition coefficient (Wildman–Crippen LogP) is 2.44. The van der Waals surface area contributed by atoms with Crippen LogP contribution in [-0.2, 0) is 0 Å². The fraction of sp³-hybridized carbons (Fsp3) is 0.571. The van der Waals surface area contributed by atoms with Crippen LogP contribution in [0.3, 0.4) is 0 Å². The molecule has 1 aliphatic heterocycles. The van der Waals surface area contributed by atoms with Crippen LogP contribution in [0, 0.1) is 12.7 Å². The maximum Gasteiger partial charge on any atom is 0.128 e. The minimum Gasteiger partial charge on any atom is -0.314 e. The Labute approximate surface area is 107 Å². The number of nitrogens with one attached hydrogen (secondary N) is 1. The molecule has 1 aromatic rings. The van der Waals surface area contributed by atoms with Crippen molar-refractivity contribution in [1.82, 2.24) is 10.2 Å². The van der Waals surface area contributed by atoms with Crippen molar-refractivity contribution in [2.45, 2.75) is 19.4 Å². The van der Waals surface area contributed by atoms with Gasteiger partial charge >= 0.3 is 0 Å². The number of aryl methyl sites for hydroxylation is 1. The molecule has 0 aromatic heterocycles. The van der Waals surface area contributed by atoms with Crippen LogP contribution in [0.25, 0.3) is 0 Å². The van der Waals surface area contributed by atoms with Gasteiger partial charge in [0.15, 0.2) is 0 Å². The lowest BCUT2D eigenvalue weighted by atomic mass is 9.99. The Morgan fingerprint density at radius 1 is 1.33 bits per heavy atom. The van der Waals surface area contributed by atoms with Crippen molar-refractivity contribution in [1.29, 1.82) is 0 Å².